The van der Waals surface area contributed by atoms with Crippen molar-refractivity contribution in [3.05, 3.63) is 58.0 Å². The number of thiophene rings is 1. The molecule has 27 heavy (non-hydrogen) atoms. The minimum atomic E-state index is -3.28. The molecule has 5 nitrogen and oxygen atoms in total. The van der Waals surface area contributed by atoms with Gasteiger partial charge in [0.25, 0.3) is 0 Å². The van der Waals surface area contributed by atoms with E-state index in [1.54, 1.807) is 55.6 Å². The average Bonchev–Trinajstić information content (AvgIpc) is 3.26. The fourth-order valence-corrected chi connectivity index (χ4v) is 5.09. The van der Waals surface area contributed by atoms with Crippen LogP contribution in [0.2, 0.25) is 0 Å². The summed E-state index contributed by atoms with van der Waals surface area (Å²) in [4.78, 5) is 15.2. The monoisotopic (exact) mass is 397 g/mol. The van der Waals surface area contributed by atoms with Gasteiger partial charge < -0.3 is 0 Å². The lowest BCUT2D eigenvalue weighted by atomic mass is 10.0. The maximum absolute atomic E-state index is 12.3. The number of benzene rings is 1. The second-order valence-corrected chi connectivity index (χ2v) is 10.3. The summed E-state index contributed by atoms with van der Waals surface area (Å²) in [7, 11) is -3.28. The van der Waals surface area contributed by atoms with Crippen LogP contribution in [0.1, 0.15) is 35.9 Å². The number of hydrogen-bond acceptors (Lipinski definition) is 6. The lowest BCUT2D eigenvalue weighted by Crippen LogP contribution is -2.13. The van der Waals surface area contributed by atoms with Crippen LogP contribution in [0.5, 0.6) is 0 Å². The molecule has 3 aromatic rings. The molecule has 138 valence electrons. The summed E-state index contributed by atoms with van der Waals surface area (Å²) in [5.41, 5.74) is 3.62. The third kappa shape index (κ3) is 3.11. The van der Waals surface area contributed by atoms with Crippen molar-refractivity contribution in [2.45, 2.75) is 36.8 Å². The Bertz CT molecular complexity index is 1130. The summed E-state index contributed by atoms with van der Waals surface area (Å²) in [5, 5.41) is 1.62. The Morgan fingerprint density at radius 1 is 1.11 bits per heavy atom. The molecule has 0 N–H and O–H groups in total. The van der Waals surface area contributed by atoms with E-state index >= 15 is 0 Å². The van der Waals surface area contributed by atoms with E-state index in [0.29, 0.717) is 16.4 Å². The van der Waals surface area contributed by atoms with Crippen LogP contribution in [-0.4, -0.2) is 29.9 Å². The molecule has 0 fully saturated rings. The van der Waals surface area contributed by atoms with Crippen LogP contribution in [-0.2, 0) is 9.84 Å². The molecule has 0 saturated carbocycles. The molecule has 7 heteroatoms. The zero-order valence-corrected chi connectivity index (χ0v) is 16.9. The van der Waals surface area contributed by atoms with Gasteiger partial charge in [-0.05, 0) is 49.9 Å². The van der Waals surface area contributed by atoms with E-state index in [-0.39, 0.29) is 5.92 Å². The predicted octanol–water partition coefficient (Wildman–Crippen LogP) is 4.54. The van der Waals surface area contributed by atoms with Gasteiger partial charge >= 0.3 is 0 Å². The summed E-state index contributed by atoms with van der Waals surface area (Å²) in [6.45, 7) is 5.45. The van der Waals surface area contributed by atoms with Crippen molar-refractivity contribution in [2.24, 2.45) is 4.99 Å². The lowest BCUT2D eigenvalue weighted by Gasteiger charge is -2.11. The molecule has 2 aromatic heterocycles. The average molecular weight is 398 g/mol. The van der Waals surface area contributed by atoms with Crippen molar-refractivity contribution >= 4 is 33.2 Å². The Hall–Kier alpha value is -2.38. The number of aromatic nitrogens is 2. The Balaban J connectivity index is 1.70. The topological polar surface area (TPSA) is 72.3 Å². The molecule has 0 amide bonds. The van der Waals surface area contributed by atoms with Gasteiger partial charge in [-0.25, -0.2) is 23.4 Å². The Labute approximate surface area is 162 Å². The molecule has 4 rings (SSSR count). The first-order chi connectivity index (χ1) is 12.9. The van der Waals surface area contributed by atoms with Gasteiger partial charge in [0.2, 0.25) is 0 Å². The van der Waals surface area contributed by atoms with Crippen molar-refractivity contribution in [1.29, 1.82) is 0 Å². The van der Waals surface area contributed by atoms with Crippen molar-refractivity contribution in [3.63, 3.8) is 0 Å². The van der Waals surface area contributed by atoms with Crippen LogP contribution in [0.15, 0.2) is 51.8 Å². The number of rotatable bonds is 4. The quantitative estimate of drug-likeness (QED) is 0.648. The molecule has 0 bridgehead atoms. The number of hydrogen-bond donors (Lipinski definition) is 0. The van der Waals surface area contributed by atoms with Gasteiger partial charge in [0.15, 0.2) is 15.7 Å². The minimum absolute atomic E-state index is 0.0213. The summed E-state index contributed by atoms with van der Waals surface area (Å²) < 4.78 is 24.6. The van der Waals surface area contributed by atoms with Crippen LogP contribution in [0.25, 0.3) is 11.3 Å². The number of fused-ring (bicyclic) bond motifs is 1. The molecule has 1 atom stereocenters. The normalized spacial score (nSPS) is 16.1. The second-order valence-electron chi connectivity index (χ2n) is 6.81. The maximum atomic E-state index is 12.3. The van der Waals surface area contributed by atoms with E-state index in [0.717, 1.165) is 11.3 Å². The molecule has 0 radical (unpaired) electrons. The highest BCUT2D eigenvalue weighted by molar-refractivity contribution is 7.92. The smallest absolute Gasteiger partial charge is 0.180 e. The third-order valence-corrected chi connectivity index (χ3v) is 7.98. The molecule has 1 aromatic carbocycles. The highest BCUT2D eigenvalue weighted by atomic mass is 32.2. The van der Waals surface area contributed by atoms with E-state index in [1.165, 1.54) is 10.4 Å². The van der Waals surface area contributed by atoms with Gasteiger partial charge in [0.1, 0.15) is 0 Å². The largest absolute Gasteiger partial charge is 0.246 e. The number of sulfone groups is 1. The SMILES string of the molecule is Cc1ccsc1C1C=Nc2ncc(-c3ccc(S(=O)(=O)C(C)C)cc3)nc21. The van der Waals surface area contributed by atoms with Crippen LogP contribution in [0, 0.1) is 6.92 Å². The Morgan fingerprint density at radius 2 is 1.85 bits per heavy atom. The van der Waals surface area contributed by atoms with E-state index in [9.17, 15) is 8.42 Å². The van der Waals surface area contributed by atoms with Gasteiger partial charge in [0.05, 0.1) is 33.6 Å². The highest BCUT2D eigenvalue weighted by Crippen LogP contribution is 2.38. The van der Waals surface area contributed by atoms with Crippen LogP contribution in [0.3, 0.4) is 0 Å². The first-order valence-corrected chi connectivity index (χ1v) is 11.1. The summed E-state index contributed by atoms with van der Waals surface area (Å²) >= 11 is 1.69. The number of aryl methyl sites for hydroxylation is 1. The van der Waals surface area contributed by atoms with E-state index in [4.69, 9.17) is 4.98 Å². The first kappa shape index (κ1) is 18.0. The van der Waals surface area contributed by atoms with E-state index in [1.807, 2.05) is 6.21 Å². The molecule has 1 unspecified atom stereocenters. The van der Waals surface area contributed by atoms with E-state index < -0.39 is 15.1 Å². The van der Waals surface area contributed by atoms with Gasteiger partial charge in [-0.15, -0.1) is 11.3 Å². The van der Waals surface area contributed by atoms with Crippen molar-refractivity contribution in [1.82, 2.24) is 9.97 Å². The lowest BCUT2D eigenvalue weighted by molar-refractivity contribution is 0.587. The summed E-state index contributed by atoms with van der Waals surface area (Å²) in [5.74, 6) is 0.670. The minimum Gasteiger partial charge on any atom is -0.246 e. The van der Waals surface area contributed by atoms with Crippen LogP contribution >= 0.6 is 11.3 Å². The number of aliphatic imine (C=N–C) groups is 1. The first-order valence-electron chi connectivity index (χ1n) is 8.67. The summed E-state index contributed by atoms with van der Waals surface area (Å²) in [6.07, 6.45) is 3.58. The fourth-order valence-electron chi connectivity index (χ4n) is 3.04. The Kier molecular flexibility index (Phi) is 4.44. The second kappa shape index (κ2) is 6.65. The Morgan fingerprint density at radius 3 is 2.48 bits per heavy atom. The zero-order valence-electron chi connectivity index (χ0n) is 15.2. The van der Waals surface area contributed by atoms with Gasteiger partial charge in [-0.2, -0.15) is 0 Å². The van der Waals surface area contributed by atoms with Gasteiger partial charge in [-0.3, -0.25) is 0 Å². The van der Waals surface area contributed by atoms with Gasteiger partial charge in [-0.1, -0.05) is 12.1 Å². The molecule has 1 aliphatic rings. The predicted molar refractivity (Wildman–Crippen MR) is 109 cm³/mol. The molecule has 0 aliphatic carbocycles. The molecular weight excluding hydrogens is 378 g/mol. The highest BCUT2D eigenvalue weighted by Gasteiger charge is 2.26. The molecule has 0 spiro atoms. The third-order valence-electron chi connectivity index (χ3n) is 4.70. The maximum Gasteiger partial charge on any atom is 0.180 e. The van der Waals surface area contributed by atoms with Crippen molar-refractivity contribution in [2.75, 3.05) is 0 Å². The summed E-state index contributed by atoms with van der Waals surface area (Å²) in [6, 6.07) is 8.94. The molecule has 0 saturated heterocycles. The molecule has 1 aliphatic heterocycles. The van der Waals surface area contributed by atoms with Crippen molar-refractivity contribution < 1.29 is 8.42 Å². The zero-order chi connectivity index (χ0) is 19.2. The number of nitrogens with zero attached hydrogens (tertiary/aromatic N) is 3. The van der Waals surface area contributed by atoms with Crippen LogP contribution < -0.4 is 0 Å². The molecule has 3 heterocycles. The van der Waals surface area contributed by atoms with E-state index in [2.05, 4.69) is 28.3 Å². The van der Waals surface area contributed by atoms with Crippen LogP contribution in [0.4, 0.5) is 5.82 Å². The van der Waals surface area contributed by atoms with Gasteiger partial charge in [0, 0.05) is 16.7 Å². The fraction of sp³-hybridized carbons (Fsp3) is 0.250. The standard InChI is InChI=1S/C20H19N3O2S2/c1-12(2)27(24,25)15-6-4-14(5-7-15)17-11-22-20-18(23-17)16(10-21-20)19-13(3)8-9-26-19/h4-12,16H,1-3H3. The molecular formula is C20H19N3O2S2. The van der Waals surface area contributed by atoms with Crippen molar-refractivity contribution in [3.8, 4) is 11.3 Å².